The van der Waals surface area contributed by atoms with E-state index in [1.807, 2.05) is 76.2 Å². The number of hydrogen-bond acceptors (Lipinski definition) is 5. The van der Waals surface area contributed by atoms with Crippen LogP contribution < -0.4 is 5.23 Å². The van der Waals surface area contributed by atoms with E-state index in [9.17, 15) is 0 Å². The molecular weight excluding hydrogens is 304 g/mol. The first kappa shape index (κ1) is 15.2. The molecule has 124 valence electrons. The number of nitrogens with zero attached hydrogens (tertiary/aromatic N) is 2. The van der Waals surface area contributed by atoms with E-state index < -0.39 is 11.2 Å². The molecule has 0 bridgehead atoms. The molecule has 2 aromatic carbocycles. The molecule has 24 heavy (non-hydrogen) atoms. The van der Waals surface area contributed by atoms with Crippen LogP contribution >= 0.6 is 0 Å². The van der Waals surface area contributed by atoms with Crippen LogP contribution in [0.4, 0.5) is 5.69 Å². The first-order chi connectivity index (χ1) is 11.4. The summed E-state index contributed by atoms with van der Waals surface area (Å²) in [6, 6.07) is 15.5. The second-order valence-corrected chi connectivity index (χ2v) is 7.00. The predicted octanol–water partition coefficient (Wildman–Crippen LogP) is 4.74. The molecule has 2 heterocycles. The van der Waals surface area contributed by atoms with E-state index >= 15 is 0 Å². The molecule has 1 aliphatic rings. The molecule has 0 aliphatic carbocycles. The van der Waals surface area contributed by atoms with Gasteiger partial charge in [0.2, 0.25) is 5.89 Å². The van der Waals surface area contributed by atoms with Crippen molar-refractivity contribution >= 4 is 16.8 Å². The summed E-state index contributed by atoms with van der Waals surface area (Å²) in [5.41, 5.74) is 2.37. The van der Waals surface area contributed by atoms with Gasteiger partial charge in [-0.15, -0.1) is 5.23 Å². The largest absolute Gasteiger partial charge is 0.436 e. The lowest BCUT2D eigenvalue weighted by molar-refractivity contribution is -0.0272. The van der Waals surface area contributed by atoms with Crippen molar-refractivity contribution in [3.05, 3.63) is 48.5 Å². The molecule has 1 aliphatic heterocycles. The highest BCUT2D eigenvalue weighted by Gasteiger charge is 2.50. The van der Waals surface area contributed by atoms with Crippen molar-refractivity contribution in [1.29, 1.82) is 0 Å². The minimum atomic E-state index is -0.430. The molecule has 0 spiro atoms. The van der Waals surface area contributed by atoms with E-state index in [1.165, 1.54) is 5.23 Å². The zero-order valence-corrected chi connectivity index (χ0v) is 14.2. The fraction of sp³-hybridized carbons (Fsp3) is 0.316. The first-order valence-corrected chi connectivity index (χ1v) is 8.00. The van der Waals surface area contributed by atoms with Crippen LogP contribution in [0.2, 0.25) is 0 Å². The van der Waals surface area contributed by atoms with Crippen LogP contribution in [0.1, 0.15) is 27.7 Å². The Morgan fingerprint density at radius 1 is 0.875 bits per heavy atom. The first-order valence-electron chi connectivity index (χ1n) is 8.00. The molecule has 3 aromatic rings. The molecule has 0 atom stereocenters. The third kappa shape index (κ3) is 2.37. The Labute approximate surface area is 140 Å². The highest BCUT2D eigenvalue weighted by molar-refractivity contribution is 5.79. The maximum Gasteiger partial charge on any atom is 0.227 e. The minimum Gasteiger partial charge on any atom is -0.436 e. The summed E-state index contributed by atoms with van der Waals surface area (Å²) >= 11 is 0. The third-order valence-corrected chi connectivity index (χ3v) is 4.67. The molecule has 1 aromatic heterocycles. The van der Waals surface area contributed by atoms with Crippen molar-refractivity contribution in [3.8, 4) is 11.5 Å². The number of anilines is 1. The fourth-order valence-electron chi connectivity index (χ4n) is 2.49. The Morgan fingerprint density at radius 3 is 2.21 bits per heavy atom. The summed E-state index contributed by atoms with van der Waals surface area (Å²) in [5, 5.41) is 1.47. The van der Waals surface area contributed by atoms with Gasteiger partial charge in [-0.05, 0) is 58.0 Å². The number of fused-ring (bicyclic) bond motifs is 1. The summed E-state index contributed by atoms with van der Waals surface area (Å²) < 4.78 is 5.84. The van der Waals surface area contributed by atoms with Crippen LogP contribution in [-0.2, 0) is 9.68 Å². The maximum absolute atomic E-state index is 5.94. The molecule has 4 rings (SSSR count). The monoisotopic (exact) mass is 324 g/mol. The normalized spacial score (nSPS) is 19.1. The fourth-order valence-corrected chi connectivity index (χ4v) is 2.49. The molecule has 0 N–H and O–H groups in total. The van der Waals surface area contributed by atoms with Crippen LogP contribution in [0.15, 0.2) is 52.9 Å². The number of aromatic nitrogens is 1. The maximum atomic E-state index is 5.94. The number of rotatable bonds is 2. The predicted molar refractivity (Wildman–Crippen MR) is 92.3 cm³/mol. The lowest BCUT2D eigenvalue weighted by Gasteiger charge is -2.26. The summed E-state index contributed by atoms with van der Waals surface area (Å²) in [6.45, 7) is 8.04. The SMILES string of the molecule is CC1(C)ON(c2ccc3oc(-c4ccccc4)nc3c2)OC1(C)C. The summed E-state index contributed by atoms with van der Waals surface area (Å²) in [4.78, 5) is 16.5. The highest BCUT2D eigenvalue weighted by Crippen LogP contribution is 2.40. The smallest absolute Gasteiger partial charge is 0.227 e. The topological polar surface area (TPSA) is 47.7 Å². The molecule has 0 radical (unpaired) electrons. The van der Waals surface area contributed by atoms with E-state index in [4.69, 9.17) is 14.1 Å². The van der Waals surface area contributed by atoms with Crippen LogP contribution in [0.3, 0.4) is 0 Å². The minimum absolute atomic E-state index is 0.430. The standard InChI is InChI=1S/C19H20N2O3/c1-18(2)19(3,4)24-21(23-18)14-10-11-16-15(12-14)20-17(22-16)13-8-6-5-7-9-13/h5-12H,1-4H3. The van der Waals surface area contributed by atoms with Crippen molar-refractivity contribution in [3.63, 3.8) is 0 Å². The molecule has 5 heteroatoms. The van der Waals surface area contributed by atoms with Gasteiger partial charge in [0, 0.05) is 5.56 Å². The average Bonchev–Trinajstić information content (AvgIpc) is 3.06. The molecule has 0 amide bonds. The van der Waals surface area contributed by atoms with Gasteiger partial charge in [-0.1, -0.05) is 18.2 Å². The van der Waals surface area contributed by atoms with Crippen LogP contribution in [0.25, 0.3) is 22.6 Å². The van der Waals surface area contributed by atoms with Gasteiger partial charge in [0.05, 0.1) is 5.69 Å². The van der Waals surface area contributed by atoms with Crippen molar-refractivity contribution in [2.24, 2.45) is 0 Å². The molecule has 5 nitrogen and oxygen atoms in total. The summed E-state index contributed by atoms with van der Waals surface area (Å²) in [7, 11) is 0. The summed E-state index contributed by atoms with van der Waals surface area (Å²) in [6.07, 6.45) is 0. The van der Waals surface area contributed by atoms with Gasteiger partial charge in [0.15, 0.2) is 5.58 Å². The quantitative estimate of drug-likeness (QED) is 0.681. The van der Waals surface area contributed by atoms with Crippen LogP contribution in [0, 0.1) is 0 Å². The Hall–Kier alpha value is -2.37. The van der Waals surface area contributed by atoms with E-state index in [0.717, 1.165) is 22.4 Å². The van der Waals surface area contributed by atoms with Gasteiger partial charge in [-0.2, -0.15) is 0 Å². The number of hydrogen-bond donors (Lipinski definition) is 0. The average molecular weight is 324 g/mol. The van der Waals surface area contributed by atoms with Crippen molar-refractivity contribution in [2.75, 3.05) is 5.23 Å². The van der Waals surface area contributed by atoms with Gasteiger partial charge in [-0.3, -0.25) is 0 Å². The zero-order valence-electron chi connectivity index (χ0n) is 14.2. The lowest BCUT2D eigenvalue weighted by Crippen LogP contribution is -2.41. The van der Waals surface area contributed by atoms with Gasteiger partial charge in [-0.25, -0.2) is 14.7 Å². The van der Waals surface area contributed by atoms with Gasteiger partial charge >= 0.3 is 0 Å². The third-order valence-electron chi connectivity index (χ3n) is 4.67. The highest BCUT2D eigenvalue weighted by atomic mass is 17.0. The number of benzene rings is 2. The second-order valence-electron chi connectivity index (χ2n) is 7.00. The van der Waals surface area contributed by atoms with E-state index in [-0.39, 0.29) is 0 Å². The van der Waals surface area contributed by atoms with E-state index in [0.29, 0.717) is 5.89 Å². The molecule has 0 saturated carbocycles. The zero-order chi connectivity index (χ0) is 16.9. The van der Waals surface area contributed by atoms with Crippen molar-refractivity contribution < 1.29 is 14.1 Å². The Kier molecular flexibility index (Phi) is 3.20. The molecule has 0 unspecified atom stereocenters. The van der Waals surface area contributed by atoms with Crippen LogP contribution in [-0.4, -0.2) is 16.2 Å². The number of oxazole rings is 1. The van der Waals surface area contributed by atoms with E-state index in [2.05, 4.69) is 4.98 Å². The Balaban J connectivity index is 1.70. The molecule has 1 saturated heterocycles. The van der Waals surface area contributed by atoms with E-state index in [1.54, 1.807) is 0 Å². The van der Waals surface area contributed by atoms with Gasteiger partial charge in [0.25, 0.3) is 0 Å². The Morgan fingerprint density at radius 2 is 1.54 bits per heavy atom. The lowest BCUT2D eigenvalue weighted by atomic mass is 9.90. The molecular formula is C19H20N2O3. The molecule has 1 fully saturated rings. The summed E-state index contributed by atoms with van der Waals surface area (Å²) in [5.74, 6) is 0.603. The van der Waals surface area contributed by atoms with Crippen molar-refractivity contribution in [1.82, 2.24) is 4.98 Å². The van der Waals surface area contributed by atoms with Crippen LogP contribution in [0.5, 0.6) is 0 Å². The second kappa shape index (κ2) is 5.06. The Bertz CT molecular complexity index is 868. The van der Waals surface area contributed by atoms with Gasteiger partial charge in [0.1, 0.15) is 16.7 Å². The van der Waals surface area contributed by atoms with Gasteiger partial charge < -0.3 is 4.42 Å². The van der Waals surface area contributed by atoms with Crippen molar-refractivity contribution in [2.45, 2.75) is 38.9 Å².